The molecule has 2 unspecified atom stereocenters. The van der Waals surface area contributed by atoms with Crippen molar-refractivity contribution in [3.05, 3.63) is 11.6 Å². The molecule has 2 atom stereocenters. The molecule has 0 N–H and O–H groups in total. The van der Waals surface area contributed by atoms with E-state index in [-0.39, 0.29) is 17.7 Å². The molecular formula is C11H17BIO3P. The molecule has 6 heteroatoms. The van der Waals surface area contributed by atoms with Crippen LogP contribution in [0.25, 0.3) is 0 Å². The molecule has 17 heavy (non-hydrogen) atoms. The second kappa shape index (κ2) is 5.83. The average molecular weight is 366 g/mol. The van der Waals surface area contributed by atoms with Gasteiger partial charge in [0, 0.05) is 0 Å². The van der Waals surface area contributed by atoms with Crippen LogP contribution in [0, 0.1) is 5.92 Å². The van der Waals surface area contributed by atoms with Crippen molar-refractivity contribution in [1.29, 1.82) is 0 Å². The van der Waals surface area contributed by atoms with E-state index < -0.39 is 11.9 Å². The van der Waals surface area contributed by atoms with Crippen LogP contribution >= 0.6 is 31.5 Å². The maximum absolute atomic E-state index is 11.3. The summed E-state index contributed by atoms with van der Waals surface area (Å²) in [7, 11) is 2.80. The monoisotopic (exact) mass is 366 g/mol. The first-order valence-corrected chi connectivity index (χ1v) is 7.45. The average Bonchev–Trinajstić information content (AvgIpc) is 2.43. The molecule has 0 aromatic carbocycles. The van der Waals surface area contributed by atoms with E-state index in [0.717, 1.165) is 12.0 Å². The summed E-state index contributed by atoms with van der Waals surface area (Å²) < 4.78 is 4.98. The Hall–Kier alpha value is 0.105. The van der Waals surface area contributed by atoms with Gasteiger partial charge >= 0.3 is 11.9 Å². The largest absolute Gasteiger partial charge is 0.393 e. The van der Waals surface area contributed by atoms with E-state index in [2.05, 4.69) is 50.1 Å². The summed E-state index contributed by atoms with van der Waals surface area (Å²) in [5.41, 5.74) is 1.13. The topological polar surface area (TPSA) is 43.4 Å². The summed E-state index contributed by atoms with van der Waals surface area (Å²) in [6.07, 6.45) is 2.96. The van der Waals surface area contributed by atoms with E-state index in [1.807, 2.05) is 13.0 Å². The summed E-state index contributed by atoms with van der Waals surface area (Å²) in [6, 6.07) is 0. The van der Waals surface area contributed by atoms with Crippen LogP contribution in [0.15, 0.2) is 11.6 Å². The zero-order valence-electron chi connectivity index (χ0n) is 10.3. The lowest BCUT2D eigenvalue weighted by Gasteiger charge is -2.26. The van der Waals surface area contributed by atoms with Gasteiger partial charge in [0.2, 0.25) is 4.29 Å². The Balaban J connectivity index is 2.67. The first-order chi connectivity index (χ1) is 7.72. The summed E-state index contributed by atoms with van der Waals surface area (Å²) in [4.78, 5) is 22.3. The summed E-state index contributed by atoms with van der Waals surface area (Å²) in [5.74, 6) is -1.21. The fourth-order valence-electron chi connectivity index (χ4n) is 1.84. The minimum atomic E-state index is -0.416. The molecule has 0 radical (unpaired) electrons. The summed E-state index contributed by atoms with van der Waals surface area (Å²) >= 11 is 2.38. The molecule has 1 rings (SSSR count). The van der Waals surface area contributed by atoms with Crippen LogP contribution in [0.1, 0.15) is 33.6 Å². The highest BCUT2D eigenvalue weighted by molar-refractivity contribution is 14.1. The van der Waals surface area contributed by atoms with Gasteiger partial charge in [0.05, 0.1) is 12.3 Å². The van der Waals surface area contributed by atoms with Crippen molar-refractivity contribution >= 4 is 47.7 Å². The number of rotatable bonds is 4. The Morgan fingerprint density at radius 2 is 2.24 bits per heavy atom. The van der Waals surface area contributed by atoms with E-state index in [9.17, 15) is 9.59 Å². The fraction of sp³-hybridized carbons (Fsp3) is 0.636. The van der Waals surface area contributed by atoms with Crippen molar-refractivity contribution < 1.29 is 14.3 Å². The van der Waals surface area contributed by atoms with Crippen LogP contribution < -0.4 is 0 Å². The second-order valence-electron chi connectivity index (χ2n) is 5.18. The van der Waals surface area contributed by atoms with E-state index in [0.29, 0.717) is 4.29 Å². The van der Waals surface area contributed by atoms with Gasteiger partial charge in [-0.15, -0.1) is 22.4 Å². The van der Waals surface area contributed by atoms with E-state index in [1.165, 1.54) is 0 Å². The third-order valence-corrected chi connectivity index (χ3v) is 5.46. The van der Waals surface area contributed by atoms with Gasteiger partial charge in [-0.1, -0.05) is 25.5 Å². The Morgan fingerprint density at radius 3 is 2.65 bits per heavy atom. The molecule has 94 valence electrons. The highest BCUT2D eigenvalue weighted by Gasteiger charge is 2.33. The van der Waals surface area contributed by atoms with E-state index in [4.69, 9.17) is 0 Å². The number of hydrogen-bond donors (Lipinski definition) is 0. The molecule has 1 heterocycles. The lowest BCUT2D eigenvalue weighted by molar-refractivity contribution is -0.152. The van der Waals surface area contributed by atoms with Gasteiger partial charge in [-0.05, 0) is 18.7 Å². The molecule has 1 fully saturated rings. The van der Waals surface area contributed by atoms with Crippen molar-refractivity contribution in [3.63, 3.8) is 0 Å². The van der Waals surface area contributed by atoms with Crippen LogP contribution in [0.2, 0.25) is 5.31 Å². The lowest BCUT2D eigenvalue weighted by Crippen LogP contribution is -2.16. The quantitative estimate of drug-likeness (QED) is 0.192. The van der Waals surface area contributed by atoms with Gasteiger partial charge in [0.25, 0.3) is 0 Å². The molecular weight excluding hydrogens is 349 g/mol. The molecule has 1 aliphatic rings. The van der Waals surface area contributed by atoms with Crippen LogP contribution in [-0.2, 0) is 14.3 Å². The third-order valence-electron chi connectivity index (χ3n) is 2.87. The van der Waals surface area contributed by atoms with Gasteiger partial charge in [-0.3, -0.25) is 9.59 Å². The number of esters is 2. The fourth-order valence-corrected chi connectivity index (χ4v) is 2.18. The number of hydrogen-bond acceptors (Lipinski definition) is 3. The second-order valence-corrected chi connectivity index (χ2v) is 8.55. The molecule has 0 bridgehead atoms. The first-order valence-electron chi connectivity index (χ1n) is 5.54. The van der Waals surface area contributed by atoms with Gasteiger partial charge in [0.15, 0.2) is 0 Å². The lowest BCUT2D eigenvalue weighted by atomic mass is 9.67. The minimum Gasteiger partial charge on any atom is -0.393 e. The van der Waals surface area contributed by atoms with Gasteiger partial charge < -0.3 is 4.74 Å². The molecule has 0 aromatic rings. The van der Waals surface area contributed by atoms with Gasteiger partial charge in [0.1, 0.15) is 0 Å². The van der Waals surface area contributed by atoms with Crippen molar-refractivity contribution in [2.24, 2.45) is 5.92 Å². The molecule has 0 spiro atoms. The number of halogens is 1. The summed E-state index contributed by atoms with van der Waals surface area (Å²) in [6.45, 7) is 6.38. The highest BCUT2D eigenvalue weighted by Crippen LogP contribution is 2.41. The number of carbonyl (C=O) groups is 2. The molecule has 1 saturated heterocycles. The van der Waals surface area contributed by atoms with Crippen molar-refractivity contribution in [2.75, 3.05) is 0 Å². The maximum Gasteiger partial charge on any atom is 0.321 e. The number of allylic oxidation sites excluding steroid dienone is 1. The van der Waals surface area contributed by atoms with Crippen LogP contribution in [-0.4, -0.2) is 16.2 Å². The standard InChI is InChI=1S/C11H17BIO3P/c1-7(6-11(2,3)12(13)17)4-8-5-9(14)16-10(8)15/h4,8H,5-6,17H2,1-3H3. The predicted molar refractivity (Wildman–Crippen MR) is 81.1 cm³/mol. The zero-order valence-corrected chi connectivity index (χ0v) is 13.6. The Bertz CT molecular complexity index is 366. The minimum absolute atomic E-state index is 0.151. The third kappa shape index (κ3) is 4.36. The molecule has 0 saturated carbocycles. The first kappa shape index (κ1) is 15.2. The number of carbonyl (C=O) groups excluding carboxylic acids is 2. The number of cyclic esters (lactones) is 2. The molecule has 1 aliphatic heterocycles. The van der Waals surface area contributed by atoms with Crippen LogP contribution in [0.5, 0.6) is 0 Å². The maximum atomic E-state index is 11.3. The van der Waals surface area contributed by atoms with Crippen LogP contribution in [0.3, 0.4) is 0 Å². The molecule has 0 amide bonds. The van der Waals surface area contributed by atoms with Crippen molar-refractivity contribution in [1.82, 2.24) is 0 Å². The highest BCUT2D eigenvalue weighted by atomic mass is 127. The Morgan fingerprint density at radius 1 is 1.65 bits per heavy atom. The zero-order chi connectivity index (χ0) is 13.2. The van der Waals surface area contributed by atoms with E-state index >= 15 is 0 Å². The van der Waals surface area contributed by atoms with Gasteiger partial charge in [-0.25, -0.2) is 0 Å². The Labute approximate surface area is 118 Å². The summed E-state index contributed by atoms with van der Waals surface area (Å²) in [5, 5.41) is 0.151. The Kier molecular flexibility index (Phi) is 5.20. The predicted octanol–water partition coefficient (Wildman–Crippen LogP) is 2.99. The van der Waals surface area contributed by atoms with E-state index in [1.54, 1.807) is 0 Å². The SMILES string of the molecule is CC(=CC1CC(=O)OC1=O)CC(C)(C)B(P)I. The molecule has 3 nitrogen and oxygen atoms in total. The molecule has 0 aromatic heterocycles. The normalized spacial score (nSPS) is 21.7. The number of ether oxygens (including phenoxy) is 1. The molecule has 0 aliphatic carbocycles. The smallest absolute Gasteiger partial charge is 0.321 e. The van der Waals surface area contributed by atoms with Gasteiger partial charge in [-0.2, -0.15) is 9.12 Å². The van der Waals surface area contributed by atoms with Crippen molar-refractivity contribution in [3.8, 4) is 0 Å². The van der Waals surface area contributed by atoms with Crippen LogP contribution in [0.4, 0.5) is 0 Å². The van der Waals surface area contributed by atoms with Crippen molar-refractivity contribution in [2.45, 2.75) is 38.9 Å².